The van der Waals surface area contributed by atoms with E-state index in [9.17, 15) is 0 Å². The van der Waals surface area contributed by atoms with Crippen molar-refractivity contribution in [3.05, 3.63) is 34.3 Å². The fourth-order valence-electron chi connectivity index (χ4n) is 2.13. The van der Waals surface area contributed by atoms with Gasteiger partial charge in [-0.05, 0) is 37.1 Å². The van der Waals surface area contributed by atoms with Crippen LogP contribution in [-0.2, 0) is 6.54 Å². The van der Waals surface area contributed by atoms with Crippen molar-refractivity contribution in [2.75, 3.05) is 13.1 Å². The fraction of sp³-hybridized carbons (Fsp3) is 0.500. The summed E-state index contributed by atoms with van der Waals surface area (Å²) in [7, 11) is 0. The van der Waals surface area contributed by atoms with Gasteiger partial charge in [-0.3, -0.25) is 4.90 Å². The van der Waals surface area contributed by atoms with Crippen LogP contribution in [0.1, 0.15) is 18.4 Å². The van der Waals surface area contributed by atoms with Gasteiger partial charge in [0.25, 0.3) is 0 Å². The maximum atomic E-state index is 5.96. The van der Waals surface area contributed by atoms with Gasteiger partial charge in [-0.2, -0.15) is 0 Å². The molecule has 0 bridgehead atoms. The largest absolute Gasteiger partial charge is 0.327 e. The zero-order chi connectivity index (χ0) is 10.7. The van der Waals surface area contributed by atoms with Gasteiger partial charge in [0.15, 0.2) is 0 Å². The summed E-state index contributed by atoms with van der Waals surface area (Å²) in [6, 6.07) is 8.87. The minimum atomic E-state index is 0. The first-order chi connectivity index (χ1) is 7.24. The number of likely N-dealkylation sites (tertiary alicyclic amines) is 1. The highest BCUT2D eigenvalue weighted by molar-refractivity contribution is 9.10. The lowest BCUT2D eigenvalue weighted by Crippen LogP contribution is -2.42. The Morgan fingerprint density at radius 2 is 2.25 bits per heavy atom. The molecule has 0 saturated carbocycles. The van der Waals surface area contributed by atoms with E-state index >= 15 is 0 Å². The Kier molecular flexibility index (Phi) is 5.76. The Hall–Kier alpha value is -0.0900. The number of piperidine rings is 1. The molecule has 1 saturated heterocycles. The number of nitrogens with two attached hydrogens (primary N) is 1. The predicted octanol–water partition coefficient (Wildman–Crippen LogP) is 2.79. The van der Waals surface area contributed by atoms with Gasteiger partial charge in [0.1, 0.15) is 0 Å². The Balaban J connectivity index is 0.00000128. The molecule has 1 aliphatic rings. The van der Waals surface area contributed by atoms with Crippen LogP contribution in [-0.4, -0.2) is 24.0 Å². The monoisotopic (exact) mass is 304 g/mol. The molecule has 4 heteroatoms. The lowest BCUT2D eigenvalue weighted by molar-refractivity contribution is 0.201. The summed E-state index contributed by atoms with van der Waals surface area (Å²) in [5.41, 5.74) is 7.32. The third kappa shape index (κ3) is 4.06. The summed E-state index contributed by atoms with van der Waals surface area (Å²) in [6.45, 7) is 3.24. The van der Waals surface area contributed by atoms with Gasteiger partial charge in [-0.15, -0.1) is 12.4 Å². The van der Waals surface area contributed by atoms with E-state index in [1.165, 1.54) is 24.9 Å². The molecule has 0 aromatic heterocycles. The van der Waals surface area contributed by atoms with Gasteiger partial charge in [0.05, 0.1) is 0 Å². The highest BCUT2D eigenvalue weighted by atomic mass is 79.9. The first kappa shape index (κ1) is 14.0. The molecule has 90 valence electrons. The molecule has 0 radical (unpaired) electrons. The minimum Gasteiger partial charge on any atom is -0.327 e. The van der Waals surface area contributed by atoms with E-state index in [1.54, 1.807) is 0 Å². The standard InChI is InChI=1S/C12H17BrN2.ClH/c13-11-4-1-3-10(7-11)8-15-6-2-5-12(14)9-15;/h1,3-4,7,12H,2,5-6,8-9,14H2;1H. The third-order valence-electron chi connectivity index (χ3n) is 2.84. The predicted molar refractivity (Wildman–Crippen MR) is 73.9 cm³/mol. The summed E-state index contributed by atoms with van der Waals surface area (Å²) < 4.78 is 1.15. The number of hydrogen-bond donors (Lipinski definition) is 1. The van der Waals surface area contributed by atoms with Crippen LogP contribution in [0, 0.1) is 0 Å². The summed E-state index contributed by atoms with van der Waals surface area (Å²) in [5.74, 6) is 0. The third-order valence-corrected chi connectivity index (χ3v) is 3.33. The van der Waals surface area contributed by atoms with Crippen LogP contribution in [0.15, 0.2) is 28.7 Å². The highest BCUT2D eigenvalue weighted by Gasteiger charge is 2.16. The second-order valence-electron chi connectivity index (χ2n) is 4.27. The van der Waals surface area contributed by atoms with Crippen molar-refractivity contribution in [2.24, 2.45) is 5.73 Å². The average Bonchev–Trinajstić information content (AvgIpc) is 2.17. The maximum absolute atomic E-state index is 5.96. The first-order valence-electron chi connectivity index (χ1n) is 5.46. The molecular formula is C12H18BrClN2. The lowest BCUT2D eigenvalue weighted by atomic mass is 10.1. The molecule has 2 rings (SSSR count). The zero-order valence-electron chi connectivity index (χ0n) is 9.23. The molecule has 0 aliphatic carbocycles. The zero-order valence-corrected chi connectivity index (χ0v) is 11.6. The van der Waals surface area contributed by atoms with Crippen molar-refractivity contribution in [3.63, 3.8) is 0 Å². The molecule has 1 heterocycles. The smallest absolute Gasteiger partial charge is 0.0234 e. The number of rotatable bonds is 2. The van der Waals surface area contributed by atoms with E-state index in [4.69, 9.17) is 5.73 Å². The summed E-state index contributed by atoms with van der Waals surface area (Å²) >= 11 is 3.50. The van der Waals surface area contributed by atoms with Crippen LogP contribution in [0.4, 0.5) is 0 Å². The Morgan fingerprint density at radius 1 is 1.44 bits per heavy atom. The number of hydrogen-bond acceptors (Lipinski definition) is 2. The van der Waals surface area contributed by atoms with E-state index in [0.717, 1.165) is 17.6 Å². The SMILES string of the molecule is Cl.NC1CCCN(Cc2cccc(Br)c2)C1. The molecule has 1 aliphatic heterocycles. The molecule has 0 spiro atoms. The van der Waals surface area contributed by atoms with Crippen molar-refractivity contribution < 1.29 is 0 Å². The van der Waals surface area contributed by atoms with Gasteiger partial charge in [-0.25, -0.2) is 0 Å². The van der Waals surface area contributed by atoms with Crippen LogP contribution < -0.4 is 5.73 Å². The Bertz CT molecular complexity index is 333. The van der Waals surface area contributed by atoms with Crippen LogP contribution >= 0.6 is 28.3 Å². The van der Waals surface area contributed by atoms with Gasteiger partial charge in [0, 0.05) is 23.6 Å². The van der Waals surface area contributed by atoms with Crippen LogP contribution in [0.3, 0.4) is 0 Å². The second kappa shape index (κ2) is 6.60. The van der Waals surface area contributed by atoms with Crippen LogP contribution in [0.25, 0.3) is 0 Å². The number of halogens is 2. The van der Waals surface area contributed by atoms with Crippen LogP contribution in [0.5, 0.6) is 0 Å². The molecule has 1 unspecified atom stereocenters. The van der Waals surface area contributed by atoms with Gasteiger partial charge in [-0.1, -0.05) is 28.1 Å². The van der Waals surface area contributed by atoms with Gasteiger partial charge >= 0.3 is 0 Å². The topological polar surface area (TPSA) is 29.3 Å². The normalized spacial score (nSPS) is 21.5. The number of benzene rings is 1. The number of nitrogens with zero attached hydrogens (tertiary/aromatic N) is 1. The van der Waals surface area contributed by atoms with E-state index in [0.29, 0.717) is 6.04 Å². The van der Waals surface area contributed by atoms with E-state index in [2.05, 4.69) is 45.1 Å². The fourth-order valence-corrected chi connectivity index (χ4v) is 2.58. The first-order valence-corrected chi connectivity index (χ1v) is 6.26. The molecule has 0 amide bonds. The lowest BCUT2D eigenvalue weighted by Gasteiger charge is -2.30. The molecule has 1 aromatic rings. The van der Waals surface area contributed by atoms with Crippen molar-refractivity contribution >= 4 is 28.3 Å². The van der Waals surface area contributed by atoms with E-state index < -0.39 is 0 Å². The van der Waals surface area contributed by atoms with Crippen LogP contribution in [0.2, 0.25) is 0 Å². The van der Waals surface area contributed by atoms with E-state index in [1.807, 2.05) is 0 Å². The quantitative estimate of drug-likeness (QED) is 0.910. The maximum Gasteiger partial charge on any atom is 0.0234 e. The van der Waals surface area contributed by atoms with Crippen molar-refractivity contribution in [2.45, 2.75) is 25.4 Å². The Morgan fingerprint density at radius 3 is 2.94 bits per heavy atom. The molecule has 2 N–H and O–H groups in total. The summed E-state index contributed by atoms with van der Waals surface area (Å²) in [4.78, 5) is 2.44. The highest BCUT2D eigenvalue weighted by Crippen LogP contribution is 2.16. The average molecular weight is 306 g/mol. The van der Waals surface area contributed by atoms with Gasteiger partial charge in [0.2, 0.25) is 0 Å². The van der Waals surface area contributed by atoms with E-state index in [-0.39, 0.29) is 12.4 Å². The summed E-state index contributed by atoms with van der Waals surface area (Å²) in [6.07, 6.45) is 2.41. The Labute approximate surface area is 112 Å². The molecule has 2 nitrogen and oxygen atoms in total. The van der Waals surface area contributed by atoms with Crippen molar-refractivity contribution in [1.82, 2.24) is 4.90 Å². The molecular weight excluding hydrogens is 288 g/mol. The molecule has 1 aromatic carbocycles. The van der Waals surface area contributed by atoms with Gasteiger partial charge < -0.3 is 5.73 Å². The van der Waals surface area contributed by atoms with Crippen molar-refractivity contribution in [3.8, 4) is 0 Å². The molecule has 1 fully saturated rings. The second-order valence-corrected chi connectivity index (χ2v) is 5.18. The minimum absolute atomic E-state index is 0. The molecule has 1 atom stereocenters. The summed E-state index contributed by atoms with van der Waals surface area (Å²) in [5, 5.41) is 0. The van der Waals surface area contributed by atoms with Crippen molar-refractivity contribution in [1.29, 1.82) is 0 Å². The molecule has 16 heavy (non-hydrogen) atoms.